The van der Waals surface area contributed by atoms with Gasteiger partial charge in [0.25, 0.3) is 5.69 Å². The molecular weight excluding hydrogens is 360 g/mol. The third-order valence-corrected chi connectivity index (χ3v) is 6.93. The number of fused-ring (bicyclic) bond motifs is 5. The molecule has 28 heavy (non-hydrogen) atoms. The number of nitro benzene ring substituents is 1. The van der Waals surface area contributed by atoms with Crippen LogP contribution in [0.15, 0.2) is 18.2 Å². The van der Waals surface area contributed by atoms with Gasteiger partial charge in [-0.05, 0) is 50.2 Å². The molecule has 8 heteroatoms. The predicted molar refractivity (Wildman–Crippen MR) is 102 cm³/mol. The first-order valence-corrected chi connectivity index (χ1v) is 10.2. The highest BCUT2D eigenvalue weighted by molar-refractivity contribution is 5.91. The van der Waals surface area contributed by atoms with E-state index in [9.17, 15) is 19.7 Å². The van der Waals surface area contributed by atoms with Crippen LogP contribution in [-0.4, -0.2) is 52.9 Å². The molecule has 148 valence electrons. The molecule has 0 aromatic heterocycles. The van der Waals surface area contributed by atoms with E-state index in [2.05, 4.69) is 10.2 Å². The lowest BCUT2D eigenvalue weighted by molar-refractivity contribution is -0.384. The fraction of sp³-hybridized carbons (Fsp3) is 0.600. The largest absolute Gasteiger partial charge is 0.368 e. The van der Waals surface area contributed by atoms with E-state index in [1.165, 1.54) is 0 Å². The minimum absolute atomic E-state index is 0.0468. The van der Waals surface area contributed by atoms with Crippen LogP contribution in [-0.2, 0) is 16.0 Å². The summed E-state index contributed by atoms with van der Waals surface area (Å²) in [5.74, 6) is -0.241. The van der Waals surface area contributed by atoms with Crippen LogP contribution in [0.5, 0.6) is 0 Å². The molecule has 0 aliphatic carbocycles. The van der Waals surface area contributed by atoms with E-state index >= 15 is 0 Å². The molecule has 4 aliphatic rings. The topological polar surface area (TPSA) is 95.8 Å². The van der Waals surface area contributed by atoms with Crippen LogP contribution in [0.2, 0.25) is 0 Å². The summed E-state index contributed by atoms with van der Waals surface area (Å²) in [4.78, 5) is 40.9. The van der Waals surface area contributed by atoms with E-state index < -0.39 is 0 Å². The first-order chi connectivity index (χ1) is 13.5. The number of nitrogens with zero attached hydrogens (tertiary/aromatic N) is 3. The van der Waals surface area contributed by atoms with E-state index in [-0.39, 0.29) is 46.5 Å². The lowest BCUT2D eigenvalue weighted by atomic mass is 9.79. The monoisotopic (exact) mass is 384 g/mol. The summed E-state index contributed by atoms with van der Waals surface area (Å²) in [6, 6.07) is 4.86. The number of benzene rings is 1. The zero-order valence-electron chi connectivity index (χ0n) is 15.7. The number of piperazine rings is 1. The number of anilines is 1. The molecule has 0 saturated carbocycles. The number of nitro groups is 1. The molecule has 0 spiro atoms. The van der Waals surface area contributed by atoms with Crippen LogP contribution in [0.1, 0.15) is 37.7 Å². The number of carbonyl (C=O) groups excluding carboxylic acids is 2. The second-order valence-corrected chi connectivity index (χ2v) is 8.37. The van der Waals surface area contributed by atoms with E-state index in [1.54, 1.807) is 12.1 Å². The first-order valence-electron chi connectivity index (χ1n) is 10.2. The van der Waals surface area contributed by atoms with Crippen molar-refractivity contribution in [3.8, 4) is 0 Å². The summed E-state index contributed by atoms with van der Waals surface area (Å²) in [6.07, 6.45) is 5.19. The van der Waals surface area contributed by atoms with Gasteiger partial charge in [0.1, 0.15) is 6.04 Å². The Hall–Kier alpha value is -2.64. The number of non-ortho nitro benzene ring substituents is 1. The summed E-state index contributed by atoms with van der Waals surface area (Å²) < 4.78 is 0. The second kappa shape index (κ2) is 6.46. The maximum absolute atomic E-state index is 13.6. The molecule has 4 heterocycles. The summed E-state index contributed by atoms with van der Waals surface area (Å²) in [5.41, 5.74) is 1.97. The second-order valence-electron chi connectivity index (χ2n) is 8.37. The number of piperidine rings is 1. The van der Waals surface area contributed by atoms with Crippen molar-refractivity contribution in [3.63, 3.8) is 0 Å². The summed E-state index contributed by atoms with van der Waals surface area (Å²) in [5, 5.41) is 14.1. The lowest BCUT2D eigenvalue weighted by Crippen LogP contribution is -2.61. The quantitative estimate of drug-likeness (QED) is 0.617. The number of amides is 2. The van der Waals surface area contributed by atoms with Gasteiger partial charge in [-0.3, -0.25) is 19.7 Å². The maximum atomic E-state index is 13.6. The van der Waals surface area contributed by atoms with Gasteiger partial charge in [0.15, 0.2) is 0 Å². The van der Waals surface area contributed by atoms with Gasteiger partial charge < -0.3 is 15.1 Å². The Labute approximate surface area is 163 Å². The normalized spacial score (nSPS) is 31.1. The predicted octanol–water partition coefficient (Wildman–Crippen LogP) is 1.62. The molecule has 4 atom stereocenters. The van der Waals surface area contributed by atoms with Gasteiger partial charge in [0.2, 0.25) is 11.8 Å². The van der Waals surface area contributed by atoms with Crippen molar-refractivity contribution in [1.29, 1.82) is 0 Å². The molecular formula is C20H24N4O4. The van der Waals surface area contributed by atoms with Crippen LogP contribution in [0, 0.1) is 16.0 Å². The minimum atomic E-state index is -0.380. The Morgan fingerprint density at radius 2 is 2.07 bits per heavy atom. The fourth-order valence-electron chi connectivity index (χ4n) is 5.63. The van der Waals surface area contributed by atoms with Gasteiger partial charge in [-0.1, -0.05) is 0 Å². The van der Waals surface area contributed by atoms with Crippen molar-refractivity contribution >= 4 is 23.2 Å². The molecule has 2 bridgehead atoms. The number of nitrogens with one attached hydrogen (secondary N) is 1. The Balaban J connectivity index is 1.50. The SMILES string of the molecule is O=C1NC[C@H]2CC[C@@H]1N2C(=O)[C@H]1Cc2cc([N+](=O)[O-])ccc2N2CCCC[C@H]12. The van der Waals surface area contributed by atoms with Gasteiger partial charge in [-0.15, -0.1) is 0 Å². The number of hydrogen-bond donors (Lipinski definition) is 1. The van der Waals surface area contributed by atoms with Crippen molar-refractivity contribution in [3.05, 3.63) is 33.9 Å². The van der Waals surface area contributed by atoms with Crippen molar-refractivity contribution in [1.82, 2.24) is 10.2 Å². The molecule has 1 aromatic rings. The highest BCUT2D eigenvalue weighted by atomic mass is 16.6. The van der Waals surface area contributed by atoms with Crippen LogP contribution in [0.4, 0.5) is 11.4 Å². The molecule has 3 saturated heterocycles. The molecule has 0 unspecified atom stereocenters. The van der Waals surface area contributed by atoms with Gasteiger partial charge in [-0.2, -0.15) is 0 Å². The average molecular weight is 384 g/mol. The van der Waals surface area contributed by atoms with Crippen LogP contribution in [0.25, 0.3) is 0 Å². The van der Waals surface area contributed by atoms with Gasteiger partial charge in [0, 0.05) is 43.0 Å². The average Bonchev–Trinajstić information content (AvgIpc) is 3.05. The van der Waals surface area contributed by atoms with Gasteiger partial charge in [0.05, 0.1) is 10.8 Å². The summed E-state index contributed by atoms with van der Waals surface area (Å²) in [6.45, 7) is 1.40. The van der Waals surface area contributed by atoms with E-state index in [1.807, 2.05) is 11.0 Å². The van der Waals surface area contributed by atoms with E-state index in [0.29, 0.717) is 13.0 Å². The molecule has 8 nitrogen and oxygen atoms in total. The van der Waals surface area contributed by atoms with Crippen LogP contribution >= 0.6 is 0 Å². The highest BCUT2D eigenvalue weighted by Crippen LogP contribution is 2.42. The molecule has 3 fully saturated rings. The molecule has 5 rings (SSSR count). The van der Waals surface area contributed by atoms with Crippen molar-refractivity contribution < 1.29 is 14.5 Å². The van der Waals surface area contributed by atoms with Gasteiger partial charge >= 0.3 is 0 Å². The first kappa shape index (κ1) is 17.5. The van der Waals surface area contributed by atoms with E-state index in [0.717, 1.165) is 49.9 Å². The molecule has 4 aliphatic heterocycles. The van der Waals surface area contributed by atoms with Gasteiger partial charge in [-0.25, -0.2) is 0 Å². The van der Waals surface area contributed by atoms with Crippen LogP contribution < -0.4 is 10.2 Å². The Kier molecular flexibility index (Phi) is 4.03. The molecule has 1 N–H and O–H groups in total. The Morgan fingerprint density at radius 3 is 2.89 bits per heavy atom. The van der Waals surface area contributed by atoms with Crippen LogP contribution in [0.3, 0.4) is 0 Å². The molecule has 0 radical (unpaired) electrons. The maximum Gasteiger partial charge on any atom is 0.269 e. The number of carbonyl (C=O) groups is 2. The fourth-order valence-corrected chi connectivity index (χ4v) is 5.63. The van der Waals surface area contributed by atoms with E-state index in [4.69, 9.17) is 0 Å². The van der Waals surface area contributed by atoms with Crippen molar-refractivity contribution in [2.24, 2.45) is 5.92 Å². The van der Waals surface area contributed by atoms with Crippen molar-refractivity contribution in [2.45, 2.75) is 56.7 Å². The number of hydrogen-bond acceptors (Lipinski definition) is 5. The zero-order valence-corrected chi connectivity index (χ0v) is 15.7. The standard InChI is InChI=1S/C20H24N4O4/c25-19-18-7-5-14(11-21-19)23(18)20(26)15-10-12-9-13(24(27)28)4-6-16(12)22-8-2-1-3-17(15)22/h4,6,9,14-15,17-18H,1-3,5,7-8,10-11H2,(H,21,25)/t14-,15+,17-,18+/m1/s1. The van der Waals surface area contributed by atoms with Crippen molar-refractivity contribution in [2.75, 3.05) is 18.0 Å². The zero-order chi connectivity index (χ0) is 19.4. The Bertz CT molecular complexity index is 857. The number of rotatable bonds is 2. The minimum Gasteiger partial charge on any atom is -0.368 e. The third-order valence-electron chi connectivity index (χ3n) is 6.93. The molecule has 1 aromatic carbocycles. The third kappa shape index (κ3) is 2.57. The lowest BCUT2D eigenvalue weighted by Gasteiger charge is -2.48. The Morgan fingerprint density at radius 1 is 1.21 bits per heavy atom. The summed E-state index contributed by atoms with van der Waals surface area (Å²) >= 11 is 0. The smallest absolute Gasteiger partial charge is 0.269 e. The summed E-state index contributed by atoms with van der Waals surface area (Å²) in [7, 11) is 0. The molecule has 2 amide bonds. The highest BCUT2D eigenvalue weighted by Gasteiger charge is 2.49.